The van der Waals surface area contributed by atoms with Gasteiger partial charge in [-0.2, -0.15) is 5.26 Å². The van der Waals surface area contributed by atoms with E-state index in [1.165, 1.54) is 0 Å². The molecule has 0 aliphatic heterocycles. The molecule has 0 aliphatic carbocycles. The zero-order valence-electron chi connectivity index (χ0n) is 10.5. The van der Waals surface area contributed by atoms with E-state index in [1.807, 2.05) is 48.5 Å². The number of rotatable bonds is 2. The van der Waals surface area contributed by atoms with Gasteiger partial charge in [0.1, 0.15) is 16.5 Å². The van der Waals surface area contributed by atoms with Crippen LogP contribution in [0.5, 0.6) is 0 Å². The minimum Gasteiger partial charge on any atom is -0.463 e. The molecule has 0 amide bonds. The molecule has 3 nitrogen and oxygen atoms in total. The minimum absolute atomic E-state index is 0.417. The fourth-order valence-electron chi connectivity index (χ4n) is 2.08. The Balaban J connectivity index is 2.28. The van der Waals surface area contributed by atoms with Gasteiger partial charge in [-0.25, -0.2) is 0 Å². The van der Waals surface area contributed by atoms with Gasteiger partial charge in [-0.05, 0) is 23.8 Å². The fourth-order valence-corrected chi connectivity index (χ4v) is 2.35. The number of nitrogens with zero attached hydrogens (tertiary/aromatic N) is 1. The van der Waals surface area contributed by atoms with E-state index in [0.29, 0.717) is 16.0 Å². The number of aromatic nitrogens is 1. The zero-order valence-corrected chi connectivity index (χ0v) is 11.3. The molecule has 0 aliphatic rings. The second-order valence-electron chi connectivity index (χ2n) is 4.26. The van der Waals surface area contributed by atoms with E-state index < -0.39 is 0 Å². The van der Waals surface area contributed by atoms with Crippen LogP contribution < -0.4 is 0 Å². The van der Waals surface area contributed by atoms with Crippen molar-refractivity contribution >= 4 is 12.2 Å². The molecule has 0 saturated heterocycles. The Labute approximate surface area is 121 Å². The van der Waals surface area contributed by atoms with E-state index in [0.717, 1.165) is 16.8 Å². The van der Waals surface area contributed by atoms with Gasteiger partial charge in [0.05, 0.1) is 17.5 Å². The van der Waals surface area contributed by atoms with Crippen molar-refractivity contribution in [3.05, 3.63) is 65.0 Å². The highest BCUT2D eigenvalue weighted by molar-refractivity contribution is 7.71. The Kier molecular flexibility index (Phi) is 3.20. The van der Waals surface area contributed by atoms with Gasteiger partial charge in [-0.15, -0.1) is 0 Å². The number of H-pyrrole nitrogens is 1. The summed E-state index contributed by atoms with van der Waals surface area (Å²) in [5.74, 6) is 0.692. The first-order chi connectivity index (χ1) is 9.79. The molecule has 0 saturated carbocycles. The summed E-state index contributed by atoms with van der Waals surface area (Å²) in [7, 11) is 0. The molecule has 0 fully saturated rings. The highest BCUT2D eigenvalue weighted by Crippen LogP contribution is 2.28. The Morgan fingerprint density at radius 1 is 1.10 bits per heavy atom. The van der Waals surface area contributed by atoms with Gasteiger partial charge < -0.3 is 9.40 Å². The van der Waals surface area contributed by atoms with Crippen molar-refractivity contribution in [1.29, 1.82) is 5.26 Å². The van der Waals surface area contributed by atoms with E-state index >= 15 is 0 Å². The van der Waals surface area contributed by atoms with Crippen LogP contribution in [0.4, 0.5) is 0 Å². The lowest BCUT2D eigenvalue weighted by molar-refractivity contribution is 0.580. The number of hydrogen-bond donors (Lipinski definition) is 1. The lowest BCUT2D eigenvalue weighted by Crippen LogP contribution is -1.92. The number of furan rings is 1. The number of hydrogen-bond acceptors (Lipinski definition) is 3. The lowest BCUT2D eigenvalue weighted by Gasteiger charge is -2.07. The maximum absolute atomic E-state index is 9.32. The molecule has 20 heavy (non-hydrogen) atoms. The van der Waals surface area contributed by atoms with Crippen molar-refractivity contribution in [3.8, 4) is 28.7 Å². The minimum atomic E-state index is 0.417. The summed E-state index contributed by atoms with van der Waals surface area (Å²) in [5, 5.41) is 9.32. The van der Waals surface area contributed by atoms with Crippen LogP contribution >= 0.6 is 12.2 Å². The topological polar surface area (TPSA) is 52.7 Å². The summed E-state index contributed by atoms with van der Waals surface area (Å²) in [4.78, 5) is 3.04. The molecular weight excluding hydrogens is 268 g/mol. The molecule has 1 N–H and O–H groups in total. The predicted octanol–water partition coefficient (Wildman–Crippen LogP) is 4.54. The van der Waals surface area contributed by atoms with Crippen molar-refractivity contribution in [2.24, 2.45) is 0 Å². The van der Waals surface area contributed by atoms with Crippen LogP contribution in [0, 0.1) is 16.0 Å². The molecule has 3 aromatic rings. The monoisotopic (exact) mass is 278 g/mol. The molecule has 0 unspecified atom stereocenters. The van der Waals surface area contributed by atoms with E-state index in [2.05, 4.69) is 11.1 Å². The Morgan fingerprint density at radius 3 is 2.55 bits per heavy atom. The SMILES string of the molecule is N#Cc1c(-c2ccccc2)cc(-c2ccco2)[nH]c1=S. The molecule has 96 valence electrons. The van der Waals surface area contributed by atoms with Gasteiger partial charge in [0.2, 0.25) is 0 Å². The first kappa shape index (κ1) is 12.4. The van der Waals surface area contributed by atoms with Gasteiger partial charge in [0.15, 0.2) is 0 Å². The van der Waals surface area contributed by atoms with E-state index in [9.17, 15) is 5.26 Å². The van der Waals surface area contributed by atoms with Crippen molar-refractivity contribution in [3.63, 3.8) is 0 Å². The molecule has 0 atom stereocenters. The van der Waals surface area contributed by atoms with Crippen molar-refractivity contribution < 1.29 is 4.42 Å². The first-order valence-corrected chi connectivity index (χ1v) is 6.47. The van der Waals surface area contributed by atoms with Gasteiger partial charge in [0.25, 0.3) is 0 Å². The molecule has 2 heterocycles. The van der Waals surface area contributed by atoms with Crippen LogP contribution in [-0.2, 0) is 0 Å². The highest BCUT2D eigenvalue weighted by Gasteiger charge is 2.11. The third-order valence-electron chi connectivity index (χ3n) is 3.02. The molecular formula is C16H10N2OS. The standard InChI is InChI=1S/C16H10N2OS/c17-10-13-12(11-5-2-1-3-6-11)9-14(18-16(13)20)15-7-4-8-19-15/h1-9H,(H,18,20). The lowest BCUT2D eigenvalue weighted by atomic mass is 10.0. The Morgan fingerprint density at radius 2 is 1.90 bits per heavy atom. The quantitative estimate of drug-likeness (QED) is 0.700. The van der Waals surface area contributed by atoms with Crippen LogP contribution in [0.25, 0.3) is 22.6 Å². The van der Waals surface area contributed by atoms with Gasteiger partial charge in [0, 0.05) is 5.56 Å². The molecule has 2 aromatic heterocycles. The third kappa shape index (κ3) is 2.15. The summed E-state index contributed by atoms with van der Waals surface area (Å²) in [6.45, 7) is 0. The van der Waals surface area contributed by atoms with Crippen LogP contribution in [0.2, 0.25) is 0 Å². The average Bonchev–Trinajstić information content (AvgIpc) is 3.01. The summed E-state index contributed by atoms with van der Waals surface area (Å²) < 4.78 is 5.80. The first-order valence-electron chi connectivity index (χ1n) is 6.06. The smallest absolute Gasteiger partial charge is 0.150 e. The molecule has 0 bridgehead atoms. The van der Waals surface area contributed by atoms with Crippen molar-refractivity contribution in [2.45, 2.75) is 0 Å². The van der Waals surface area contributed by atoms with E-state index in [1.54, 1.807) is 6.26 Å². The number of benzene rings is 1. The summed E-state index contributed by atoms with van der Waals surface area (Å²) in [6, 6.07) is 17.4. The Bertz CT molecular complexity index is 827. The number of nitrogens with one attached hydrogen (secondary N) is 1. The van der Waals surface area contributed by atoms with Crippen LogP contribution in [0.15, 0.2) is 59.2 Å². The summed E-state index contributed by atoms with van der Waals surface area (Å²) >= 11 is 5.28. The van der Waals surface area contributed by atoms with Gasteiger partial charge >= 0.3 is 0 Å². The van der Waals surface area contributed by atoms with Crippen molar-refractivity contribution in [1.82, 2.24) is 4.98 Å². The molecule has 3 rings (SSSR count). The van der Waals surface area contributed by atoms with Gasteiger partial charge in [-0.3, -0.25) is 0 Å². The molecule has 0 spiro atoms. The zero-order chi connectivity index (χ0) is 13.9. The number of aromatic amines is 1. The van der Waals surface area contributed by atoms with Crippen molar-refractivity contribution in [2.75, 3.05) is 0 Å². The second-order valence-corrected chi connectivity index (χ2v) is 4.66. The Hall–Kier alpha value is -2.64. The van der Waals surface area contributed by atoms with Crippen LogP contribution in [0.3, 0.4) is 0 Å². The largest absolute Gasteiger partial charge is 0.463 e. The van der Waals surface area contributed by atoms with Crippen LogP contribution in [-0.4, -0.2) is 4.98 Å². The summed E-state index contributed by atoms with van der Waals surface area (Å²) in [5.41, 5.74) is 3.00. The molecule has 0 radical (unpaired) electrons. The van der Waals surface area contributed by atoms with E-state index in [-0.39, 0.29) is 0 Å². The number of nitriles is 1. The average molecular weight is 278 g/mol. The predicted molar refractivity (Wildman–Crippen MR) is 79.5 cm³/mol. The van der Waals surface area contributed by atoms with Gasteiger partial charge in [-0.1, -0.05) is 42.5 Å². The number of pyridine rings is 1. The normalized spacial score (nSPS) is 10.2. The summed E-state index contributed by atoms with van der Waals surface area (Å²) in [6.07, 6.45) is 1.60. The highest BCUT2D eigenvalue weighted by atomic mass is 32.1. The molecule has 1 aromatic carbocycles. The second kappa shape index (κ2) is 5.16. The van der Waals surface area contributed by atoms with E-state index in [4.69, 9.17) is 16.6 Å². The van der Waals surface area contributed by atoms with Crippen LogP contribution in [0.1, 0.15) is 5.56 Å². The fraction of sp³-hybridized carbons (Fsp3) is 0. The molecule has 4 heteroatoms. The maximum Gasteiger partial charge on any atom is 0.150 e. The third-order valence-corrected chi connectivity index (χ3v) is 3.32. The maximum atomic E-state index is 9.32.